The van der Waals surface area contributed by atoms with E-state index in [-0.39, 0.29) is 0 Å². The molecule has 1 aliphatic carbocycles. The SMILES string of the molecule is CC.Cc1c(C)c(C)c2c(c1C)CC(NC1=NCCC1)C2. The minimum absolute atomic E-state index is 0.561. The summed E-state index contributed by atoms with van der Waals surface area (Å²) in [6.45, 7) is 14.1. The number of hydrogen-bond acceptors (Lipinski definition) is 2. The second-order valence-electron chi connectivity index (χ2n) is 6.14. The van der Waals surface area contributed by atoms with E-state index in [0.29, 0.717) is 6.04 Å². The molecule has 0 saturated heterocycles. The van der Waals surface area contributed by atoms with Crippen LogP contribution in [0.2, 0.25) is 0 Å². The summed E-state index contributed by atoms with van der Waals surface area (Å²) in [5, 5.41) is 3.67. The van der Waals surface area contributed by atoms with Crippen LogP contribution in [-0.2, 0) is 12.8 Å². The van der Waals surface area contributed by atoms with Crippen molar-refractivity contribution in [1.82, 2.24) is 5.32 Å². The largest absolute Gasteiger partial charge is 0.370 e. The molecule has 0 radical (unpaired) electrons. The molecule has 0 aromatic heterocycles. The third kappa shape index (κ3) is 3.00. The van der Waals surface area contributed by atoms with Crippen molar-refractivity contribution in [2.45, 2.75) is 73.3 Å². The van der Waals surface area contributed by atoms with E-state index in [0.717, 1.165) is 13.0 Å². The van der Waals surface area contributed by atoms with Gasteiger partial charge in [0.2, 0.25) is 0 Å². The minimum atomic E-state index is 0.561. The Morgan fingerprint density at radius 3 is 1.81 bits per heavy atom. The minimum Gasteiger partial charge on any atom is -0.370 e. The van der Waals surface area contributed by atoms with Crippen LogP contribution in [0.25, 0.3) is 0 Å². The van der Waals surface area contributed by atoms with Gasteiger partial charge in [0.25, 0.3) is 0 Å². The zero-order valence-electron chi connectivity index (χ0n) is 14.6. The van der Waals surface area contributed by atoms with Crippen molar-refractivity contribution in [3.05, 3.63) is 33.4 Å². The van der Waals surface area contributed by atoms with Crippen molar-refractivity contribution in [2.24, 2.45) is 4.99 Å². The van der Waals surface area contributed by atoms with E-state index >= 15 is 0 Å². The third-order valence-electron chi connectivity index (χ3n) is 5.10. The standard InChI is InChI=1S/C17H24N2.C2H6/c1-10-11(2)13(4)16-9-14(8-15(16)12(10)3)19-17-6-5-7-18-17;1-2/h14H,5-9H2,1-4H3,(H,18,19);1-2H3. The van der Waals surface area contributed by atoms with Crippen molar-refractivity contribution < 1.29 is 0 Å². The molecule has 2 aliphatic rings. The highest BCUT2D eigenvalue weighted by atomic mass is 15.0. The molecule has 0 saturated carbocycles. The normalized spacial score (nSPS) is 17.1. The van der Waals surface area contributed by atoms with E-state index in [2.05, 4.69) is 38.0 Å². The van der Waals surface area contributed by atoms with Crippen LogP contribution in [-0.4, -0.2) is 18.4 Å². The molecule has 1 heterocycles. The Bertz CT molecular complexity index is 518. The van der Waals surface area contributed by atoms with Crippen molar-refractivity contribution >= 4 is 5.84 Å². The zero-order chi connectivity index (χ0) is 15.6. The van der Waals surface area contributed by atoms with Gasteiger partial charge in [0.15, 0.2) is 0 Å². The maximum absolute atomic E-state index is 4.55. The number of hydrogen-bond donors (Lipinski definition) is 1. The summed E-state index contributed by atoms with van der Waals surface area (Å²) in [5.41, 5.74) is 9.17. The quantitative estimate of drug-likeness (QED) is 0.822. The first-order valence-corrected chi connectivity index (χ1v) is 8.46. The van der Waals surface area contributed by atoms with Crippen molar-refractivity contribution in [3.8, 4) is 0 Å². The number of rotatable bonds is 1. The molecule has 0 bridgehead atoms. The van der Waals surface area contributed by atoms with Gasteiger partial charge in [-0.2, -0.15) is 0 Å². The summed E-state index contributed by atoms with van der Waals surface area (Å²) in [7, 11) is 0. The van der Waals surface area contributed by atoms with Gasteiger partial charge >= 0.3 is 0 Å². The summed E-state index contributed by atoms with van der Waals surface area (Å²) in [6, 6.07) is 0.561. The summed E-state index contributed by atoms with van der Waals surface area (Å²) >= 11 is 0. The van der Waals surface area contributed by atoms with E-state index in [9.17, 15) is 0 Å². The zero-order valence-corrected chi connectivity index (χ0v) is 14.6. The lowest BCUT2D eigenvalue weighted by Crippen LogP contribution is -2.34. The summed E-state index contributed by atoms with van der Waals surface area (Å²) in [6.07, 6.45) is 4.70. The number of nitrogens with zero attached hydrogens (tertiary/aromatic N) is 1. The molecular formula is C19H30N2. The fourth-order valence-corrected chi connectivity index (χ4v) is 3.58. The van der Waals surface area contributed by atoms with Gasteiger partial charge in [0.1, 0.15) is 0 Å². The highest BCUT2D eigenvalue weighted by Gasteiger charge is 2.27. The first-order chi connectivity index (χ1) is 10.1. The average Bonchev–Trinajstić information content (AvgIpc) is 3.15. The Labute approximate surface area is 130 Å². The van der Waals surface area contributed by atoms with Crippen molar-refractivity contribution in [2.75, 3.05) is 6.54 Å². The Kier molecular flexibility index (Phi) is 5.08. The highest BCUT2D eigenvalue weighted by Crippen LogP contribution is 2.33. The van der Waals surface area contributed by atoms with Crippen LogP contribution in [0.5, 0.6) is 0 Å². The van der Waals surface area contributed by atoms with Crippen LogP contribution in [0.1, 0.15) is 60.1 Å². The second-order valence-corrected chi connectivity index (χ2v) is 6.14. The van der Waals surface area contributed by atoms with Gasteiger partial charge in [-0.25, -0.2) is 0 Å². The van der Waals surface area contributed by atoms with Crippen LogP contribution in [0.4, 0.5) is 0 Å². The van der Waals surface area contributed by atoms with E-state index in [4.69, 9.17) is 0 Å². The maximum atomic E-state index is 4.55. The van der Waals surface area contributed by atoms with E-state index < -0.39 is 0 Å². The molecule has 0 unspecified atom stereocenters. The van der Waals surface area contributed by atoms with Gasteiger partial charge < -0.3 is 5.32 Å². The van der Waals surface area contributed by atoms with E-state index in [1.54, 1.807) is 11.1 Å². The number of fused-ring (bicyclic) bond motifs is 1. The molecule has 0 fully saturated rings. The smallest absolute Gasteiger partial charge is 0.0966 e. The predicted octanol–water partition coefficient (Wildman–Crippen LogP) is 4.20. The number of nitrogens with one attached hydrogen (secondary N) is 1. The number of amidine groups is 1. The van der Waals surface area contributed by atoms with Crippen LogP contribution < -0.4 is 5.32 Å². The molecule has 1 N–H and O–H groups in total. The first-order valence-electron chi connectivity index (χ1n) is 8.46. The summed E-state index contributed by atoms with van der Waals surface area (Å²) < 4.78 is 0. The monoisotopic (exact) mass is 286 g/mol. The molecular weight excluding hydrogens is 256 g/mol. The van der Waals surface area contributed by atoms with E-state index in [1.165, 1.54) is 47.4 Å². The lowest BCUT2D eigenvalue weighted by Gasteiger charge is -2.15. The fourth-order valence-electron chi connectivity index (χ4n) is 3.58. The average molecular weight is 286 g/mol. The molecule has 3 rings (SSSR count). The Morgan fingerprint density at radius 1 is 0.857 bits per heavy atom. The van der Waals surface area contributed by atoms with Crippen LogP contribution in [0.3, 0.4) is 0 Å². The molecule has 21 heavy (non-hydrogen) atoms. The van der Waals surface area contributed by atoms with Gasteiger partial charge in [-0.05, 0) is 80.3 Å². The van der Waals surface area contributed by atoms with Crippen molar-refractivity contribution in [1.29, 1.82) is 0 Å². The molecule has 1 aromatic carbocycles. The fraction of sp³-hybridized carbons (Fsp3) is 0.632. The molecule has 1 aromatic rings. The Morgan fingerprint density at radius 2 is 1.38 bits per heavy atom. The van der Waals surface area contributed by atoms with Gasteiger partial charge in [-0.1, -0.05) is 13.8 Å². The Hall–Kier alpha value is -1.31. The topological polar surface area (TPSA) is 24.4 Å². The van der Waals surface area contributed by atoms with Gasteiger partial charge in [0, 0.05) is 19.0 Å². The molecule has 0 amide bonds. The molecule has 0 spiro atoms. The van der Waals surface area contributed by atoms with Crippen LogP contribution in [0, 0.1) is 27.7 Å². The highest BCUT2D eigenvalue weighted by molar-refractivity contribution is 5.84. The lowest BCUT2D eigenvalue weighted by molar-refractivity contribution is 0.638. The van der Waals surface area contributed by atoms with Gasteiger partial charge in [-0.15, -0.1) is 0 Å². The number of aliphatic imine (C=N–C) groups is 1. The number of benzene rings is 1. The maximum Gasteiger partial charge on any atom is 0.0966 e. The van der Waals surface area contributed by atoms with Crippen molar-refractivity contribution in [3.63, 3.8) is 0 Å². The second kappa shape index (κ2) is 6.64. The Balaban J connectivity index is 0.000000774. The summed E-state index contributed by atoms with van der Waals surface area (Å²) in [4.78, 5) is 4.55. The van der Waals surface area contributed by atoms with Gasteiger partial charge in [-0.3, -0.25) is 4.99 Å². The van der Waals surface area contributed by atoms with Crippen LogP contribution in [0.15, 0.2) is 4.99 Å². The first kappa shape index (κ1) is 16.1. The third-order valence-corrected chi connectivity index (χ3v) is 5.10. The molecule has 1 aliphatic heterocycles. The molecule has 0 atom stereocenters. The lowest BCUT2D eigenvalue weighted by atomic mass is 9.90. The molecule has 2 heteroatoms. The van der Waals surface area contributed by atoms with E-state index in [1.807, 2.05) is 13.8 Å². The van der Waals surface area contributed by atoms with Crippen LogP contribution >= 0.6 is 0 Å². The summed E-state index contributed by atoms with van der Waals surface area (Å²) in [5.74, 6) is 1.24. The molecule has 116 valence electrons. The predicted molar refractivity (Wildman–Crippen MR) is 92.6 cm³/mol. The van der Waals surface area contributed by atoms with Gasteiger partial charge in [0.05, 0.1) is 5.84 Å². The molecule has 2 nitrogen and oxygen atoms in total.